The molecule has 23 heavy (non-hydrogen) atoms. The average molecular weight is 339 g/mol. The molecule has 1 atom stereocenters. The Kier molecular flexibility index (Phi) is 5.13. The predicted octanol–water partition coefficient (Wildman–Crippen LogP) is 4.75. The van der Waals surface area contributed by atoms with Crippen LogP contribution in [-0.4, -0.2) is 12.4 Å². The van der Waals surface area contributed by atoms with Crippen molar-refractivity contribution in [1.29, 1.82) is 0 Å². The van der Waals surface area contributed by atoms with Gasteiger partial charge in [-0.2, -0.15) is 8.78 Å². The first-order valence-corrected chi connectivity index (χ1v) is 8.30. The quantitative estimate of drug-likeness (QED) is 0.849. The summed E-state index contributed by atoms with van der Waals surface area (Å²) < 4.78 is 42.0. The third kappa shape index (κ3) is 4.20. The van der Waals surface area contributed by atoms with Gasteiger partial charge in [-0.3, -0.25) is 0 Å². The zero-order valence-corrected chi connectivity index (χ0v) is 13.1. The lowest BCUT2D eigenvalue weighted by Gasteiger charge is -2.26. The van der Waals surface area contributed by atoms with Gasteiger partial charge in [0, 0.05) is 17.5 Å². The fourth-order valence-electron chi connectivity index (χ4n) is 2.61. The minimum absolute atomic E-state index is 0.0962. The molecule has 3 rings (SSSR count). The standard InChI is InChI=1S/C17H16F3NOS/c18-12-3-6-16-14(9-12)15(7-8-23-16)21-10-11-1-4-13(5-2-11)22-17(19)20/h1-6,9,15,17,21H,7-8,10H2. The smallest absolute Gasteiger partial charge is 0.387 e. The second-order valence-electron chi connectivity index (χ2n) is 5.28. The number of ether oxygens (including phenoxy) is 1. The van der Waals surface area contributed by atoms with E-state index in [0.717, 1.165) is 28.2 Å². The molecule has 0 saturated heterocycles. The van der Waals surface area contributed by atoms with Crippen LogP contribution >= 0.6 is 11.8 Å². The summed E-state index contributed by atoms with van der Waals surface area (Å²) >= 11 is 1.74. The summed E-state index contributed by atoms with van der Waals surface area (Å²) in [5, 5.41) is 3.41. The van der Waals surface area contributed by atoms with E-state index in [-0.39, 0.29) is 17.6 Å². The van der Waals surface area contributed by atoms with Crippen LogP contribution in [0.15, 0.2) is 47.4 Å². The van der Waals surface area contributed by atoms with E-state index in [1.165, 1.54) is 18.2 Å². The Labute approximate surface area is 137 Å². The maximum Gasteiger partial charge on any atom is 0.387 e. The molecule has 2 aromatic rings. The Balaban J connectivity index is 1.64. The van der Waals surface area contributed by atoms with Crippen molar-refractivity contribution >= 4 is 11.8 Å². The van der Waals surface area contributed by atoms with Gasteiger partial charge in [0.05, 0.1) is 0 Å². The van der Waals surface area contributed by atoms with Crippen LogP contribution in [-0.2, 0) is 6.54 Å². The van der Waals surface area contributed by atoms with Crippen molar-refractivity contribution in [3.63, 3.8) is 0 Å². The lowest BCUT2D eigenvalue weighted by molar-refractivity contribution is -0.0498. The number of halogens is 3. The molecule has 2 nitrogen and oxygen atoms in total. The number of benzene rings is 2. The van der Waals surface area contributed by atoms with Crippen LogP contribution in [0.2, 0.25) is 0 Å². The highest BCUT2D eigenvalue weighted by molar-refractivity contribution is 7.99. The van der Waals surface area contributed by atoms with Gasteiger partial charge in [0.25, 0.3) is 0 Å². The van der Waals surface area contributed by atoms with Crippen LogP contribution in [0.1, 0.15) is 23.6 Å². The highest BCUT2D eigenvalue weighted by Gasteiger charge is 2.20. The lowest BCUT2D eigenvalue weighted by Crippen LogP contribution is -2.24. The summed E-state index contributed by atoms with van der Waals surface area (Å²) in [6, 6.07) is 11.5. The third-order valence-corrected chi connectivity index (χ3v) is 4.84. The molecule has 0 saturated carbocycles. The van der Waals surface area contributed by atoms with Crippen molar-refractivity contribution in [2.75, 3.05) is 5.75 Å². The monoisotopic (exact) mass is 339 g/mol. The summed E-state index contributed by atoms with van der Waals surface area (Å²) in [6.45, 7) is -2.23. The first-order chi connectivity index (χ1) is 11.1. The first kappa shape index (κ1) is 16.2. The Morgan fingerprint density at radius 1 is 1.17 bits per heavy atom. The van der Waals surface area contributed by atoms with E-state index in [9.17, 15) is 13.2 Å². The van der Waals surface area contributed by atoms with Gasteiger partial charge >= 0.3 is 6.61 Å². The molecule has 1 unspecified atom stereocenters. The van der Waals surface area contributed by atoms with Gasteiger partial charge in [-0.05, 0) is 53.6 Å². The average Bonchev–Trinajstić information content (AvgIpc) is 2.53. The zero-order chi connectivity index (χ0) is 16.2. The lowest BCUT2D eigenvalue weighted by atomic mass is 10.0. The van der Waals surface area contributed by atoms with E-state index < -0.39 is 6.61 Å². The second-order valence-corrected chi connectivity index (χ2v) is 6.41. The molecule has 0 amide bonds. The van der Waals surface area contributed by atoms with Crippen molar-refractivity contribution in [3.8, 4) is 5.75 Å². The highest BCUT2D eigenvalue weighted by Crippen LogP contribution is 2.36. The first-order valence-electron chi connectivity index (χ1n) is 7.31. The molecule has 0 spiro atoms. The maximum absolute atomic E-state index is 13.5. The van der Waals surface area contributed by atoms with Gasteiger partial charge in [0.1, 0.15) is 11.6 Å². The number of thioether (sulfide) groups is 1. The molecule has 1 N–H and O–H groups in total. The summed E-state index contributed by atoms with van der Waals surface area (Å²) in [4.78, 5) is 1.11. The predicted molar refractivity (Wildman–Crippen MR) is 84.4 cm³/mol. The Hall–Kier alpha value is -1.66. The van der Waals surface area contributed by atoms with E-state index in [2.05, 4.69) is 10.1 Å². The number of alkyl halides is 2. The van der Waals surface area contributed by atoms with Crippen molar-refractivity contribution in [2.24, 2.45) is 0 Å². The summed E-state index contributed by atoms with van der Waals surface area (Å²) in [6.07, 6.45) is 0.924. The maximum atomic E-state index is 13.5. The van der Waals surface area contributed by atoms with Crippen LogP contribution in [0.4, 0.5) is 13.2 Å². The van der Waals surface area contributed by atoms with Gasteiger partial charge in [0.15, 0.2) is 0 Å². The second kappa shape index (κ2) is 7.27. The van der Waals surface area contributed by atoms with E-state index >= 15 is 0 Å². The summed E-state index contributed by atoms with van der Waals surface area (Å²) in [7, 11) is 0. The van der Waals surface area contributed by atoms with Crippen molar-refractivity contribution in [3.05, 3.63) is 59.4 Å². The number of hydrogen-bond acceptors (Lipinski definition) is 3. The van der Waals surface area contributed by atoms with Crippen LogP contribution in [0.5, 0.6) is 5.75 Å². The molecule has 6 heteroatoms. The molecular weight excluding hydrogens is 323 g/mol. The molecule has 0 aliphatic carbocycles. The van der Waals surface area contributed by atoms with Crippen molar-refractivity contribution < 1.29 is 17.9 Å². The fourth-order valence-corrected chi connectivity index (χ4v) is 3.71. The topological polar surface area (TPSA) is 21.3 Å². The minimum Gasteiger partial charge on any atom is -0.435 e. The van der Waals surface area contributed by atoms with E-state index in [4.69, 9.17) is 0 Å². The zero-order valence-electron chi connectivity index (χ0n) is 12.3. The molecular formula is C17H16F3NOS. The Bertz CT molecular complexity index is 663. The van der Waals surface area contributed by atoms with Crippen LogP contribution < -0.4 is 10.1 Å². The molecule has 1 heterocycles. The normalized spacial score (nSPS) is 17.1. The van der Waals surface area contributed by atoms with E-state index in [0.29, 0.717) is 6.54 Å². The van der Waals surface area contributed by atoms with Gasteiger partial charge in [-0.15, -0.1) is 11.8 Å². The van der Waals surface area contributed by atoms with E-state index in [1.54, 1.807) is 30.0 Å². The SMILES string of the molecule is Fc1ccc2c(c1)C(NCc1ccc(OC(F)F)cc1)CCS2. The summed E-state index contributed by atoms with van der Waals surface area (Å²) in [5.41, 5.74) is 1.95. The third-order valence-electron chi connectivity index (χ3n) is 3.71. The number of fused-ring (bicyclic) bond motifs is 1. The number of hydrogen-bond donors (Lipinski definition) is 1. The number of rotatable bonds is 5. The highest BCUT2D eigenvalue weighted by atomic mass is 32.2. The van der Waals surface area contributed by atoms with Crippen molar-refractivity contribution in [1.82, 2.24) is 5.32 Å². The van der Waals surface area contributed by atoms with Crippen LogP contribution in [0.3, 0.4) is 0 Å². The summed E-state index contributed by atoms with van der Waals surface area (Å²) in [5.74, 6) is 0.897. The van der Waals surface area contributed by atoms with Gasteiger partial charge in [-0.25, -0.2) is 4.39 Å². The largest absolute Gasteiger partial charge is 0.435 e. The molecule has 0 aromatic heterocycles. The Morgan fingerprint density at radius 3 is 2.70 bits per heavy atom. The van der Waals surface area contributed by atoms with Gasteiger partial charge in [-0.1, -0.05) is 12.1 Å². The van der Waals surface area contributed by atoms with Crippen molar-refractivity contribution in [2.45, 2.75) is 30.5 Å². The molecule has 1 aliphatic heterocycles. The van der Waals surface area contributed by atoms with Gasteiger partial charge in [0.2, 0.25) is 0 Å². The molecule has 0 fully saturated rings. The molecule has 2 aromatic carbocycles. The molecule has 0 radical (unpaired) electrons. The minimum atomic E-state index is -2.81. The number of nitrogens with one attached hydrogen (secondary N) is 1. The molecule has 122 valence electrons. The van der Waals surface area contributed by atoms with Crippen LogP contribution in [0, 0.1) is 5.82 Å². The van der Waals surface area contributed by atoms with E-state index in [1.807, 2.05) is 6.07 Å². The Morgan fingerprint density at radius 2 is 1.96 bits per heavy atom. The molecule has 0 bridgehead atoms. The van der Waals surface area contributed by atoms with Crippen LogP contribution in [0.25, 0.3) is 0 Å². The molecule has 1 aliphatic rings. The fraction of sp³-hybridized carbons (Fsp3) is 0.294. The van der Waals surface area contributed by atoms with Gasteiger partial charge < -0.3 is 10.1 Å².